The second-order valence-electron chi connectivity index (χ2n) is 3.53. The van der Waals surface area contributed by atoms with Gasteiger partial charge in [-0.3, -0.25) is 4.79 Å². The van der Waals surface area contributed by atoms with Crippen LogP contribution in [0, 0.1) is 5.41 Å². The van der Waals surface area contributed by atoms with Crippen LogP contribution in [0.2, 0.25) is 0 Å². The Bertz CT molecular complexity index is 172. The van der Waals surface area contributed by atoms with Gasteiger partial charge in [0.2, 0.25) is 0 Å². The molecule has 1 saturated heterocycles. The maximum atomic E-state index is 11.0. The summed E-state index contributed by atoms with van der Waals surface area (Å²) >= 11 is 0. The molecule has 1 aliphatic heterocycles. The Kier molecular flexibility index (Phi) is 3.69. The number of rotatable bonds is 4. The van der Waals surface area contributed by atoms with Crippen LogP contribution >= 0.6 is 0 Å². The minimum Gasteiger partial charge on any atom is -0.481 e. The lowest BCUT2D eigenvalue weighted by Crippen LogP contribution is -2.37. The number of carboxylic acid groups (broad SMARTS) is 1. The first-order valence-electron chi connectivity index (χ1n) is 4.63. The first kappa shape index (κ1) is 10.5. The molecule has 0 amide bonds. The normalized spacial score (nSPS) is 21.3. The number of hydrogen-bond donors (Lipinski definition) is 2. The molecule has 4 heteroatoms. The highest BCUT2D eigenvalue weighted by atomic mass is 16.5. The van der Waals surface area contributed by atoms with E-state index in [1.807, 2.05) is 0 Å². The van der Waals surface area contributed by atoms with Crippen LogP contribution in [-0.2, 0) is 9.53 Å². The van der Waals surface area contributed by atoms with E-state index >= 15 is 0 Å². The number of carbonyl (C=O) groups is 1. The van der Waals surface area contributed by atoms with E-state index in [4.69, 9.17) is 14.9 Å². The lowest BCUT2D eigenvalue weighted by Gasteiger charge is -2.32. The maximum absolute atomic E-state index is 11.0. The predicted octanol–water partition coefficient (Wildman–Crippen LogP) is 0.640. The molecule has 0 bridgehead atoms. The van der Waals surface area contributed by atoms with Crippen LogP contribution in [-0.4, -0.2) is 36.0 Å². The van der Waals surface area contributed by atoms with Crippen molar-refractivity contribution in [2.45, 2.75) is 25.7 Å². The van der Waals surface area contributed by atoms with Gasteiger partial charge < -0.3 is 14.9 Å². The summed E-state index contributed by atoms with van der Waals surface area (Å²) < 4.78 is 5.13. The van der Waals surface area contributed by atoms with Crippen LogP contribution in [0.4, 0.5) is 0 Å². The lowest BCUT2D eigenvalue weighted by atomic mass is 9.76. The molecular formula is C9H16O4. The molecule has 0 aromatic carbocycles. The van der Waals surface area contributed by atoms with Crippen molar-refractivity contribution in [3.8, 4) is 0 Å². The van der Waals surface area contributed by atoms with E-state index in [1.165, 1.54) is 0 Å². The van der Waals surface area contributed by atoms with Crippen molar-refractivity contribution in [2.75, 3.05) is 19.8 Å². The van der Waals surface area contributed by atoms with Gasteiger partial charge in [0, 0.05) is 19.8 Å². The summed E-state index contributed by atoms with van der Waals surface area (Å²) in [6.45, 7) is 1.12. The van der Waals surface area contributed by atoms with Gasteiger partial charge in [0.15, 0.2) is 0 Å². The largest absolute Gasteiger partial charge is 0.481 e. The predicted molar refractivity (Wildman–Crippen MR) is 46.4 cm³/mol. The zero-order valence-corrected chi connectivity index (χ0v) is 7.66. The summed E-state index contributed by atoms with van der Waals surface area (Å²) in [5.74, 6) is -0.746. The monoisotopic (exact) mass is 188 g/mol. The topological polar surface area (TPSA) is 66.8 Å². The molecule has 0 saturated carbocycles. The van der Waals surface area contributed by atoms with Gasteiger partial charge in [-0.1, -0.05) is 0 Å². The van der Waals surface area contributed by atoms with Crippen molar-refractivity contribution < 1.29 is 19.7 Å². The van der Waals surface area contributed by atoms with Gasteiger partial charge in [0.05, 0.1) is 5.41 Å². The van der Waals surface area contributed by atoms with Gasteiger partial charge in [-0.05, 0) is 25.7 Å². The van der Waals surface area contributed by atoms with Crippen LogP contribution in [0.1, 0.15) is 25.7 Å². The molecule has 0 aromatic heterocycles. The Labute approximate surface area is 77.5 Å². The van der Waals surface area contributed by atoms with Gasteiger partial charge in [-0.25, -0.2) is 0 Å². The van der Waals surface area contributed by atoms with Crippen molar-refractivity contribution >= 4 is 5.97 Å². The third-order valence-electron chi connectivity index (χ3n) is 2.72. The highest BCUT2D eigenvalue weighted by Gasteiger charge is 2.39. The maximum Gasteiger partial charge on any atom is 0.309 e. The number of aliphatic carboxylic acids is 1. The van der Waals surface area contributed by atoms with Crippen molar-refractivity contribution in [1.82, 2.24) is 0 Å². The zero-order valence-electron chi connectivity index (χ0n) is 7.66. The van der Waals surface area contributed by atoms with Gasteiger partial charge >= 0.3 is 5.97 Å². The highest BCUT2D eigenvalue weighted by Crippen LogP contribution is 2.35. The summed E-state index contributed by atoms with van der Waals surface area (Å²) in [5.41, 5.74) is -0.638. The Morgan fingerprint density at radius 2 is 2.00 bits per heavy atom. The molecule has 1 rings (SSSR count). The minimum absolute atomic E-state index is 0.0654. The molecule has 0 unspecified atom stereocenters. The molecule has 2 N–H and O–H groups in total. The summed E-state index contributed by atoms with van der Waals surface area (Å²) in [6, 6.07) is 0. The Morgan fingerprint density at radius 1 is 1.38 bits per heavy atom. The number of hydrogen-bond acceptors (Lipinski definition) is 3. The van der Waals surface area contributed by atoms with Crippen molar-refractivity contribution in [3.63, 3.8) is 0 Å². The SMILES string of the molecule is O=C(O)C1(CCCO)CCOCC1. The van der Waals surface area contributed by atoms with Gasteiger partial charge in [-0.2, -0.15) is 0 Å². The number of carboxylic acids is 1. The van der Waals surface area contributed by atoms with Crippen LogP contribution < -0.4 is 0 Å². The Balaban J connectivity index is 2.56. The lowest BCUT2D eigenvalue weighted by molar-refractivity contribution is -0.155. The molecular weight excluding hydrogens is 172 g/mol. The van der Waals surface area contributed by atoms with E-state index in [0.717, 1.165) is 0 Å². The standard InChI is InChI=1S/C9H16O4/c10-5-1-2-9(8(11)12)3-6-13-7-4-9/h10H,1-7H2,(H,11,12). The molecule has 0 atom stereocenters. The fourth-order valence-corrected chi connectivity index (χ4v) is 1.75. The minimum atomic E-state index is -0.746. The second-order valence-corrected chi connectivity index (χ2v) is 3.53. The van der Waals surface area contributed by atoms with E-state index in [0.29, 0.717) is 38.9 Å². The zero-order chi connectivity index (χ0) is 9.73. The number of aliphatic hydroxyl groups is 1. The Hall–Kier alpha value is -0.610. The molecule has 0 aromatic rings. The highest BCUT2D eigenvalue weighted by molar-refractivity contribution is 5.74. The van der Waals surface area contributed by atoms with Crippen LogP contribution in [0.25, 0.3) is 0 Å². The molecule has 1 fully saturated rings. The average molecular weight is 188 g/mol. The van der Waals surface area contributed by atoms with E-state index in [9.17, 15) is 4.79 Å². The number of aliphatic hydroxyl groups excluding tert-OH is 1. The fraction of sp³-hybridized carbons (Fsp3) is 0.889. The fourth-order valence-electron chi connectivity index (χ4n) is 1.75. The molecule has 1 heterocycles. The molecule has 0 radical (unpaired) electrons. The average Bonchev–Trinajstić information content (AvgIpc) is 2.16. The van der Waals surface area contributed by atoms with Crippen molar-refractivity contribution in [2.24, 2.45) is 5.41 Å². The van der Waals surface area contributed by atoms with Crippen LogP contribution in [0.5, 0.6) is 0 Å². The summed E-state index contributed by atoms with van der Waals surface area (Å²) in [6.07, 6.45) is 2.26. The first-order chi connectivity index (χ1) is 6.21. The van der Waals surface area contributed by atoms with Crippen molar-refractivity contribution in [3.05, 3.63) is 0 Å². The molecule has 0 spiro atoms. The Morgan fingerprint density at radius 3 is 2.46 bits per heavy atom. The smallest absolute Gasteiger partial charge is 0.309 e. The molecule has 13 heavy (non-hydrogen) atoms. The van der Waals surface area contributed by atoms with E-state index in [2.05, 4.69) is 0 Å². The quantitative estimate of drug-likeness (QED) is 0.679. The van der Waals surface area contributed by atoms with E-state index < -0.39 is 11.4 Å². The van der Waals surface area contributed by atoms with Gasteiger partial charge in [0.1, 0.15) is 0 Å². The van der Waals surface area contributed by atoms with Crippen LogP contribution in [0.15, 0.2) is 0 Å². The third-order valence-corrected chi connectivity index (χ3v) is 2.72. The summed E-state index contributed by atoms with van der Waals surface area (Å²) in [4.78, 5) is 11.0. The van der Waals surface area contributed by atoms with Crippen molar-refractivity contribution in [1.29, 1.82) is 0 Å². The number of ether oxygens (including phenoxy) is 1. The van der Waals surface area contributed by atoms with E-state index in [1.54, 1.807) is 0 Å². The molecule has 4 nitrogen and oxygen atoms in total. The van der Waals surface area contributed by atoms with Gasteiger partial charge in [-0.15, -0.1) is 0 Å². The summed E-state index contributed by atoms with van der Waals surface area (Å²) in [7, 11) is 0. The second kappa shape index (κ2) is 4.58. The first-order valence-corrected chi connectivity index (χ1v) is 4.63. The molecule has 0 aliphatic carbocycles. The van der Waals surface area contributed by atoms with E-state index in [-0.39, 0.29) is 6.61 Å². The third kappa shape index (κ3) is 2.42. The summed E-state index contributed by atoms with van der Waals surface area (Å²) in [5, 5.41) is 17.7. The molecule has 1 aliphatic rings. The van der Waals surface area contributed by atoms with Gasteiger partial charge in [0.25, 0.3) is 0 Å². The molecule has 76 valence electrons. The van der Waals surface area contributed by atoms with Crippen LogP contribution in [0.3, 0.4) is 0 Å².